The second kappa shape index (κ2) is 7.83. The highest BCUT2D eigenvalue weighted by atomic mass is 19.1. The first-order valence-corrected chi connectivity index (χ1v) is 6.92. The molecule has 0 bridgehead atoms. The molecular formula is C15H19FN2O2. The molecule has 1 N–H and O–H groups in total. The van der Waals surface area contributed by atoms with Crippen molar-refractivity contribution in [2.24, 2.45) is 0 Å². The minimum Gasteiger partial charge on any atom is -0.383 e. The zero-order valence-electron chi connectivity index (χ0n) is 11.4. The monoisotopic (exact) mass is 278 g/mol. The minimum absolute atomic E-state index is 0.301. The van der Waals surface area contributed by atoms with Gasteiger partial charge in [-0.1, -0.05) is 0 Å². The number of rotatable bonds is 6. The van der Waals surface area contributed by atoms with E-state index in [4.69, 9.17) is 14.7 Å². The fourth-order valence-corrected chi connectivity index (χ4v) is 2.12. The summed E-state index contributed by atoms with van der Waals surface area (Å²) in [5.74, 6) is -0.394. The van der Waals surface area contributed by atoms with Gasteiger partial charge >= 0.3 is 0 Å². The fraction of sp³-hybridized carbons (Fsp3) is 0.533. The van der Waals surface area contributed by atoms with E-state index in [1.54, 1.807) is 12.1 Å². The number of halogens is 1. The van der Waals surface area contributed by atoms with Crippen LogP contribution in [0.25, 0.3) is 0 Å². The summed E-state index contributed by atoms with van der Waals surface area (Å²) in [6.07, 6.45) is 3.03. The van der Waals surface area contributed by atoms with E-state index in [-0.39, 0.29) is 0 Å². The summed E-state index contributed by atoms with van der Waals surface area (Å²) in [6.45, 7) is 2.86. The largest absolute Gasteiger partial charge is 0.383 e. The lowest BCUT2D eigenvalue weighted by atomic mass is 10.1. The van der Waals surface area contributed by atoms with Gasteiger partial charge in [0.25, 0.3) is 0 Å². The van der Waals surface area contributed by atoms with Crippen LogP contribution in [0.1, 0.15) is 24.8 Å². The second-order valence-electron chi connectivity index (χ2n) is 4.77. The van der Waals surface area contributed by atoms with Gasteiger partial charge in [-0.15, -0.1) is 0 Å². The number of nitrogens with zero attached hydrogens (tertiary/aromatic N) is 1. The highest BCUT2D eigenvalue weighted by Crippen LogP contribution is 2.15. The molecule has 0 saturated carbocycles. The number of hydrogen-bond acceptors (Lipinski definition) is 4. The maximum Gasteiger partial charge on any atom is 0.147 e. The molecule has 0 spiro atoms. The Hall–Kier alpha value is -1.64. The van der Waals surface area contributed by atoms with Gasteiger partial charge in [-0.2, -0.15) is 5.26 Å². The highest BCUT2D eigenvalue weighted by molar-refractivity contribution is 5.48. The Morgan fingerprint density at radius 1 is 1.40 bits per heavy atom. The van der Waals surface area contributed by atoms with E-state index in [1.165, 1.54) is 6.07 Å². The zero-order valence-corrected chi connectivity index (χ0v) is 11.4. The van der Waals surface area contributed by atoms with Crippen LogP contribution in [0.5, 0.6) is 0 Å². The van der Waals surface area contributed by atoms with E-state index in [0.717, 1.165) is 32.5 Å². The summed E-state index contributed by atoms with van der Waals surface area (Å²) in [6, 6.07) is 6.34. The van der Waals surface area contributed by atoms with Gasteiger partial charge in [-0.05, 0) is 37.5 Å². The van der Waals surface area contributed by atoms with Gasteiger partial charge in [-0.3, -0.25) is 0 Å². The van der Waals surface area contributed by atoms with E-state index in [0.29, 0.717) is 30.5 Å². The Kier molecular flexibility index (Phi) is 5.78. The third-order valence-corrected chi connectivity index (χ3v) is 3.26. The van der Waals surface area contributed by atoms with Crippen LogP contribution in [0.4, 0.5) is 10.1 Å². The quantitative estimate of drug-likeness (QED) is 0.813. The molecule has 1 aliphatic heterocycles. The van der Waals surface area contributed by atoms with Crippen LogP contribution in [-0.2, 0) is 9.47 Å². The molecule has 1 aliphatic rings. The van der Waals surface area contributed by atoms with Crippen molar-refractivity contribution in [2.45, 2.75) is 25.4 Å². The molecule has 0 unspecified atom stereocenters. The molecule has 108 valence electrons. The van der Waals surface area contributed by atoms with E-state index in [1.807, 2.05) is 6.07 Å². The van der Waals surface area contributed by atoms with Crippen molar-refractivity contribution in [1.29, 1.82) is 5.26 Å². The molecule has 1 saturated heterocycles. The second-order valence-corrected chi connectivity index (χ2v) is 4.77. The first-order valence-electron chi connectivity index (χ1n) is 6.92. The number of nitrogens with one attached hydrogen (secondary N) is 1. The van der Waals surface area contributed by atoms with Crippen molar-refractivity contribution in [3.05, 3.63) is 29.6 Å². The molecule has 0 radical (unpaired) electrons. The molecule has 0 atom stereocenters. The summed E-state index contributed by atoms with van der Waals surface area (Å²) in [7, 11) is 0. The predicted octanol–water partition coefficient (Wildman–Crippen LogP) is 2.69. The molecular weight excluding hydrogens is 259 g/mol. The third kappa shape index (κ3) is 4.48. The first-order chi connectivity index (χ1) is 9.79. The third-order valence-electron chi connectivity index (χ3n) is 3.26. The summed E-state index contributed by atoms with van der Waals surface area (Å²) in [4.78, 5) is 0. The van der Waals surface area contributed by atoms with E-state index < -0.39 is 5.82 Å². The Bertz CT molecular complexity index is 467. The van der Waals surface area contributed by atoms with Crippen molar-refractivity contribution < 1.29 is 13.9 Å². The van der Waals surface area contributed by atoms with Crippen LogP contribution >= 0.6 is 0 Å². The summed E-state index contributed by atoms with van der Waals surface area (Å²) in [5, 5.41) is 11.7. The molecule has 5 heteroatoms. The topological polar surface area (TPSA) is 54.3 Å². The molecule has 4 nitrogen and oxygen atoms in total. The Morgan fingerprint density at radius 3 is 2.90 bits per heavy atom. The molecule has 0 amide bonds. The lowest BCUT2D eigenvalue weighted by Gasteiger charge is -2.22. The van der Waals surface area contributed by atoms with E-state index in [2.05, 4.69) is 5.32 Å². The summed E-state index contributed by atoms with van der Waals surface area (Å²) >= 11 is 0. The number of benzene rings is 1. The summed E-state index contributed by atoms with van der Waals surface area (Å²) in [5.41, 5.74) is 0.756. The average molecular weight is 278 g/mol. The van der Waals surface area contributed by atoms with Crippen LogP contribution in [-0.4, -0.2) is 32.5 Å². The van der Waals surface area contributed by atoms with Gasteiger partial charge in [0.05, 0.1) is 23.4 Å². The van der Waals surface area contributed by atoms with Crippen molar-refractivity contribution in [2.75, 3.05) is 31.7 Å². The van der Waals surface area contributed by atoms with Gasteiger partial charge in [0, 0.05) is 26.4 Å². The molecule has 1 aromatic carbocycles. The van der Waals surface area contributed by atoms with Crippen LogP contribution in [0, 0.1) is 17.1 Å². The Morgan fingerprint density at radius 2 is 2.20 bits per heavy atom. The lowest BCUT2D eigenvalue weighted by Crippen LogP contribution is -2.24. The smallest absolute Gasteiger partial charge is 0.147 e. The fourth-order valence-electron chi connectivity index (χ4n) is 2.12. The number of nitriles is 1. The number of hydrogen-bond donors (Lipinski definition) is 1. The molecule has 20 heavy (non-hydrogen) atoms. The van der Waals surface area contributed by atoms with Gasteiger partial charge in [0.2, 0.25) is 0 Å². The van der Waals surface area contributed by atoms with Crippen LogP contribution in [0.3, 0.4) is 0 Å². The highest BCUT2D eigenvalue weighted by Gasteiger charge is 2.13. The summed E-state index contributed by atoms with van der Waals surface area (Å²) < 4.78 is 24.6. The molecule has 1 fully saturated rings. The van der Waals surface area contributed by atoms with Crippen molar-refractivity contribution in [3.8, 4) is 6.07 Å². The molecule has 0 aromatic heterocycles. The Labute approximate surface area is 118 Å². The maximum atomic E-state index is 13.6. The number of ether oxygens (including phenoxy) is 2. The lowest BCUT2D eigenvalue weighted by molar-refractivity contribution is -0.0316. The van der Waals surface area contributed by atoms with Crippen molar-refractivity contribution in [3.63, 3.8) is 0 Å². The standard InChI is InChI=1S/C15H19FN2O2/c16-14-10-12(11-17)2-3-15(14)18-6-1-7-20-13-4-8-19-9-5-13/h2-3,10,13,18H,1,4-9H2. The van der Waals surface area contributed by atoms with Crippen molar-refractivity contribution >= 4 is 5.69 Å². The van der Waals surface area contributed by atoms with E-state index >= 15 is 0 Å². The normalized spacial score (nSPS) is 15.8. The Balaban J connectivity index is 1.64. The van der Waals surface area contributed by atoms with Gasteiger partial charge in [0.15, 0.2) is 0 Å². The molecule has 0 aliphatic carbocycles. The van der Waals surface area contributed by atoms with Gasteiger partial charge < -0.3 is 14.8 Å². The van der Waals surface area contributed by atoms with E-state index in [9.17, 15) is 4.39 Å². The van der Waals surface area contributed by atoms with Gasteiger partial charge in [-0.25, -0.2) is 4.39 Å². The number of anilines is 1. The average Bonchev–Trinajstić information content (AvgIpc) is 2.49. The van der Waals surface area contributed by atoms with Crippen molar-refractivity contribution in [1.82, 2.24) is 0 Å². The van der Waals surface area contributed by atoms with Crippen LogP contribution in [0.2, 0.25) is 0 Å². The predicted molar refractivity (Wildman–Crippen MR) is 74.0 cm³/mol. The van der Waals surface area contributed by atoms with Gasteiger partial charge in [0.1, 0.15) is 5.82 Å². The molecule has 1 aromatic rings. The maximum absolute atomic E-state index is 13.6. The first kappa shape index (κ1) is 14.8. The van der Waals surface area contributed by atoms with Crippen LogP contribution in [0.15, 0.2) is 18.2 Å². The minimum atomic E-state index is -0.394. The SMILES string of the molecule is N#Cc1ccc(NCCCOC2CCOCC2)c(F)c1. The molecule has 2 rings (SSSR count). The molecule has 1 heterocycles. The zero-order chi connectivity index (χ0) is 14.2. The van der Waals surface area contributed by atoms with Crippen LogP contribution < -0.4 is 5.32 Å².